The van der Waals surface area contributed by atoms with Gasteiger partial charge in [0.05, 0.1) is 5.60 Å². The highest BCUT2D eigenvalue weighted by Gasteiger charge is 2.50. The largest absolute Gasteiger partial charge is 0.454 e. The Kier molecular flexibility index (Phi) is 8.52. The molecule has 4 heteroatoms. The van der Waals surface area contributed by atoms with Gasteiger partial charge in [-0.05, 0) is 94.0 Å². The lowest BCUT2D eigenvalue weighted by Crippen LogP contribution is -2.36. The summed E-state index contributed by atoms with van der Waals surface area (Å²) in [5.41, 5.74) is 3.89. The molecule has 0 aromatic carbocycles. The van der Waals surface area contributed by atoms with Gasteiger partial charge in [0, 0.05) is 22.4 Å². The summed E-state index contributed by atoms with van der Waals surface area (Å²) in [7, 11) is 0. The molecule has 180 valence electrons. The molecule has 3 saturated carbocycles. The molecule has 3 aliphatic rings. The van der Waals surface area contributed by atoms with Crippen LogP contribution < -0.4 is 0 Å². The van der Waals surface area contributed by atoms with Gasteiger partial charge < -0.3 is 9.84 Å². The van der Waals surface area contributed by atoms with Gasteiger partial charge in [0.25, 0.3) is 0 Å². The first-order valence-corrected chi connectivity index (χ1v) is 13.4. The molecule has 3 aliphatic carbocycles. The number of aliphatic hydroxyl groups is 1. The first-order chi connectivity index (χ1) is 15.0. The second-order valence-electron chi connectivity index (χ2n) is 11.5. The molecule has 0 aromatic heterocycles. The Labute approximate surface area is 203 Å². The second kappa shape index (κ2) is 10.6. The predicted molar refractivity (Wildman–Crippen MR) is 136 cm³/mol. The van der Waals surface area contributed by atoms with Gasteiger partial charge in [-0.3, -0.25) is 0 Å². The lowest BCUT2D eigenvalue weighted by molar-refractivity contribution is 0.0596. The molecule has 0 radical (unpaired) electrons. The minimum Gasteiger partial charge on any atom is -0.454 e. The number of carbonyl (C=O) groups excluding carboxylic acids is 1. The quantitative estimate of drug-likeness (QED) is 0.353. The highest BCUT2D eigenvalue weighted by Crippen LogP contribution is 2.60. The van der Waals surface area contributed by atoms with Gasteiger partial charge in [-0.2, -0.15) is 0 Å². The second-order valence-corrected chi connectivity index (χ2v) is 12.2. The normalized spacial score (nSPS) is 34.6. The Hall–Kier alpha value is -0.870. The van der Waals surface area contributed by atoms with Crippen LogP contribution in [-0.4, -0.2) is 21.7 Å². The maximum absolute atomic E-state index is 11.3. The van der Waals surface area contributed by atoms with Crippen molar-refractivity contribution in [1.82, 2.24) is 0 Å². The van der Waals surface area contributed by atoms with Gasteiger partial charge in [-0.15, -0.1) is 0 Å². The first kappa shape index (κ1) is 25.7. The number of fused-ring (bicyclic) bond motifs is 1. The van der Waals surface area contributed by atoms with Crippen LogP contribution in [0.3, 0.4) is 0 Å². The molecule has 32 heavy (non-hydrogen) atoms. The maximum Gasteiger partial charge on any atom is 0.374 e. The van der Waals surface area contributed by atoms with E-state index in [2.05, 4.69) is 48.5 Å². The molecule has 3 nitrogen and oxygen atoms in total. The fourth-order valence-electron chi connectivity index (χ4n) is 6.88. The van der Waals surface area contributed by atoms with Crippen molar-refractivity contribution in [1.29, 1.82) is 0 Å². The van der Waals surface area contributed by atoms with Gasteiger partial charge in [-0.25, -0.2) is 4.79 Å². The van der Waals surface area contributed by atoms with E-state index in [1.54, 1.807) is 5.57 Å². The number of halogens is 1. The molecule has 0 bridgehead atoms. The molecule has 0 aromatic rings. The molecule has 0 heterocycles. The molecule has 0 aliphatic heterocycles. The number of allylic oxidation sites excluding steroid dienone is 4. The smallest absolute Gasteiger partial charge is 0.374 e. The van der Waals surface area contributed by atoms with Crippen LogP contribution in [0, 0.1) is 23.2 Å². The van der Waals surface area contributed by atoms with Crippen LogP contribution >= 0.6 is 15.9 Å². The average Bonchev–Trinajstić information content (AvgIpc) is 3.04. The van der Waals surface area contributed by atoms with Crippen molar-refractivity contribution in [3.63, 3.8) is 0 Å². The van der Waals surface area contributed by atoms with E-state index in [9.17, 15) is 9.90 Å². The molecule has 3 fully saturated rings. The highest BCUT2D eigenvalue weighted by atomic mass is 79.9. The lowest BCUT2D eigenvalue weighted by atomic mass is 9.60. The molecule has 0 saturated heterocycles. The molecule has 0 amide bonds. The minimum atomic E-state index is -0.551. The minimum absolute atomic E-state index is 0.0470. The first-order valence-electron chi connectivity index (χ1n) is 12.7. The number of rotatable bonds is 7. The third-order valence-corrected chi connectivity index (χ3v) is 8.79. The predicted octanol–water partition coefficient (Wildman–Crippen LogP) is 8.27. The van der Waals surface area contributed by atoms with Crippen molar-refractivity contribution in [3.05, 3.63) is 35.5 Å². The summed E-state index contributed by atoms with van der Waals surface area (Å²) in [5.74, 6) is 2.17. The van der Waals surface area contributed by atoms with Gasteiger partial charge in [0.1, 0.15) is 6.10 Å². The SMILES string of the molecule is C=C1CC[C@H](OC(=O)Br)C/C1=C/C=C1\CCC[C@@]2(C)C1CC[C@@H]2C(C)CCCC(C)(C)O. The van der Waals surface area contributed by atoms with Gasteiger partial charge >= 0.3 is 4.88 Å². The fourth-order valence-corrected chi connectivity index (χ4v) is 7.15. The zero-order chi connectivity index (χ0) is 23.5. The van der Waals surface area contributed by atoms with E-state index in [-0.39, 0.29) is 11.0 Å². The standard InChI is InChI=1S/C28H43BrO3/c1-19-10-13-23(32-26(29)30)18-22(19)12-11-21-9-7-17-28(5)24(14-15-25(21)28)20(2)8-6-16-27(3,4)31/h11-12,20,23-25,31H,1,6-10,13-18H2,2-5H3/b21-11+,22-12-/t20?,23-,24+,25?,28+/m0/s1. The molecule has 2 unspecified atom stereocenters. The van der Waals surface area contributed by atoms with E-state index in [1.807, 2.05) is 13.8 Å². The third-order valence-electron chi connectivity index (χ3n) is 8.60. The van der Waals surface area contributed by atoms with Crippen molar-refractivity contribution >= 4 is 20.8 Å². The van der Waals surface area contributed by atoms with Crippen LogP contribution in [0.25, 0.3) is 0 Å². The molecule has 1 N–H and O–H groups in total. The van der Waals surface area contributed by atoms with Crippen LogP contribution in [0.2, 0.25) is 0 Å². The topological polar surface area (TPSA) is 46.5 Å². The summed E-state index contributed by atoms with van der Waals surface area (Å²) in [6.45, 7) is 13.1. The van der Waals surface area contributed by atoms with Crippen LogP contribution in [0.1, 0.15) is 98.3 Å². The van der Waals surface area contributed by atoms with E-state index >= 15 is 0 Å². The molecule has 5 atom stereocenters. The van der Waals surface area contributed by atoms with E-state index in [0.29, 0.717) is 17.3 Å². The van der Waals surface area contributed by atoms with Crippen LogP contribution in [0.4, 0.5) is 4.79 Å². The fraction of sp³-hybridized carbons (Fsp3) is 0.750. The van der Waals surface area contributed by atoms with Crippen molar-refractivity contribution < 1.29 is 14.6 Å². The van der Waals surface area contributed by atoms with Crippen molar-refractivity contribution in [3.8, 4) is 0 Å². The van der Waals surface area contributed by atoms with Crippen molar-refractivity contribution in [2.24, 2.45) is 23.2 Å². The summed E-state index contributed by atoms with van der Waals surface area (Å²) in [5, 5.41) is 10.1. The summed E-state index contributed by atoms with van der Waals surface area (Å²) in [6.07, 6.45) is 16.8. The summed E-state index contributed by atoms with van der Waals surface area (Å²) >= 11 is 2.90. The zero-order valence-corrected chi connectivity index (χ0v) is 22.2. The highest BCUT2D eigenvalue weighted by molar-refractivity contribution is 9.18. The summed E-state index contributed by atoms with van der Waals surface area (Å²) in [6, 6.07) is 0. The van der Waals surface area contributed by atoms with E-state index < -0.39 is 5.60 Å². The van der Waals surface area contributed by atoms with Crippen molar-refractivity contribution in [2.45, 2.75) is 110 Å². The van der Waals surface area contributed by atoms with Gasteiger partial charge in [0.15, 0.2) is 0 Å². The van der Waals surface area contributed by atoms with Crippen LogP contribution in [0.5, 0.6) is 0 Å². The molecular weight excluding hydrogens is 464 g/mol. The average molecular weight is 508 g/mol. The lowest BCUT2D eigenvalue weighted by Gasteiger charge is -2.44. The Morgan fingerprint density at radius 3 is 2.75 bits per heavy atom. The molecule has 3 rings (SSSR count). The zero-order valence-electron chi connectivity index (χ0n) is 20.6. The summed E-state index contributed by atoms with van der Waals surface area (Å²) in [4.78, 5) is 10.9. The third kappa shape index (κ3) is 6.38. The van der Waals surface area contributed by atoms with Crippen molar-refractivity contribution in [2.75, 3.05) is 0 Å². The molecule has 0 spiro atoms. The number of ether oxygens (including phenoxy) is 1. The Bertz CT molecular complexity index is 759. The number of carbonyl (C=O) groups is 1. The Balaban J connectivity index is 1.68. The van der Waals surface area contributed by atoms with E-state index in [4.69, 9.17) is 4.74 Å². The van der Waals surface area contributed by atoms with E-state index in [0.717, 1.165) is 38.0 Å². The Morgan fingerprint density at radius 1 is 1.31 bits per heavy atom. The number of hydrogen-bond donors (Lipinski definition) is 1. The summed E-state index contributed by atoms with van der Waals surface area (Å²) < 4.78 is 5.40. The Morgan fingerprint density at radius 2 is 2.06 bits per heavy atom. The van der Waals surface area contributed by atoms with Crippen LogP contribution in [-0.2, 0) is 4.74 Å². The monoisotopic (exact) mass is 506 g/mol. The van der Waals surface area contributed by atoms with Gasteiger partial charge in [0.2, 0.25) is 0 Å². The van der Waals surface area contributed by atoms with Gasteiger partial charge in [-0.1, -0.05) is 56.6 Å². The maximum atomic E-state index is 11.3. The molecular formula is C28H43BrO3. The van der Waals surface area contributed by atoms with E-state index in [1.165, 1.54) is 49.7 Å². The number of hydrogen-bond acceptors (Lipinski definition) is 3. The van der Waals surface area contributed by atoms with Crippen LogP contribution in [0.15, 0.2) is 35.5 Å².